The number of guanidine groups is 1. The zero-order chi connectivity index (χ0) is 20.0. The van der Waals surface area contributed by atoms with Crippen molar-refractivity contribution < 1.29 is 13.2 Å². The normalized spacial score (nSPS) is 22.6. The van der Waals surface area contributed by atoms with Crippen LogP contribution in [0.25, 0.3) is 0 Å². The lowest BCUT2D eigenvalue weighted by atomic mass is 10.2. The summed E-state index contributed by atoms with van der Waals surface area (Å²) in [5.41, 5.74) is 1.31. The van der Waals surface area contributed by atoms with Gasteiger partial charge in [0.2, 0.25) is 0 Å². The minimum absolute atomic E-state index is 0.0231. The molecular weight excluding hydrogens is 367 g/mol. The maximum atomic E-state index is 12.6. The molecule has 1 aromatic carbocycles. The van der Waals surface area contributed by atoms with Gasteiger partial charge in [-0.05, 0) is 18.9 Å². The summed E-state index contributed by atoms with van der Waals surface area (Å²) in [6, 6.07) is 10.5. The number of benzene rings is 1. The first-order chi connectivity index (χ1) is 13.4. The molecule has 0 aromatic heterocycles. The van der Waals surface area contributed by atoms with E-state index in [4.69, 9.17) is 0 Å². The Labute approximate surface area is 165 Å². The fourth-order valence-electron chi connectivity index (χ4n) is 3.88. The molecule has 8 heteroatoms. The molecule has 1 N–H and O–H groups in total. The van der Waals surface area contributed by atoms with Crippen molar-refractivity contribution in [1.82, 2.24) is 20.0 Å². The molecule has 0 bridgehead atoms. The molecule has 0 saturated carbocycles. The molecule has 156 valence electrons. The molecule has 1 atom stereocenters. The fraction of sp³-hybridized carbons (Fsp3) is 0.650. The second-order valence-corrected chi connectivity index (χ2v) is 7.53. The molecule has 3 rings (SSSR count). The van der Waals surface area contributed by atoms with E-state index >= 15 is 0 Å². The van der Waals surface area contributed by atoms with Crippen molar-refractivity contribution in [3.8, 4) is 0 Å². The number of rotatable bonds is 5. The van der Waals surface area contributed by atoms with Gasteiger partial charge in [-0.1, -0.05) is 30.3 Å². The Balaban J connectivity index is 1.48. The number of halogens is 3. The predicted molar refractivity (Wildman–Crippen MR) is 105 cm³/mol. The van der Waals surface area contributed by atoms with Gasteiger partial charge in [-0.3, -0.25) is 14.8 Å². The smallest absolute Gasteiger partial charge is 0.352 e. The highest BCUT2D eigenvalue weighted by atomic mass is 19.4. The number of hydrogen-bond acceptors (Lipinski definition) is 3. The zero-order valence-corrected chi connectivity index (χ0v) is 16.5. The van der Waals surface area contributed by atoms with Crippen LogP contribution in [-0.4, -0.2) is 85.2 Å². The number of nitrogens with zero attached hydrogens (tertiary/aromatic N) is 4. The Hall–Kier alpha value is -1.80. The van der Waals surface area contributed by atoms with Crippen molar-refractivity contribution in [2.24, 2.45) is 4.99 Å². The SMILES string of the molecule is CCN=C(NC1CCN(CC(F)(F)F)C1)N1CCN(Cc2ccccc2)CC1. The van der Waals surface area contributed by atoms with Crippen LogP contribution in [0.15, 0.2) is 35.3 Å². The van der Waals surface area contributed by atoms with Crippen LogP contribution >= 0.6 is 0 Å². The summed E-state index contributed by atoms with van der Waals surface area (Å²) in [7, 11) is 0. The van der Waals surface area contributed by atoms with E-state index < -0.39 is 12.7 Å². The number of alkyl halides is 3. The molecular formula is C20H30F3N5. The van der Waals surface area contributed by atoms with Gasteiger partial charge in [0.15, 0.2) is 5.96 Å². The third kappa shape index (κ3) is 6.38. The van der Waals surface area contributed by atoms with E-state index in [1.165, 1.54) is 10.5 Å². The molecule has 2 fully saturated rings. The van der Waals surface area contributed by atoms with Gasteiger partial charge in [0.05, 0.1) is 6.54 Å². The van der Waals surface area contributed by atoms with E-state index in [9.17, 15) is 13.2 Å². The number of nitrogens with one attached hydrogen (secondary N) is 1. The molecule has 2 aliphatic heterocycles. The van der Waals surface area contributed by atoms with E-state index in [1.54, 1.807) is 0 Å². The zero-order valence-electron chi connectivity index (χ0n) is 16.5. The van der Waals surface area contributed by atoms with Crippen LogP contribution in [0.5, 0.6) is 0 Å². The minimum atomic E-state index is -4.13. The van der Waals surface area contributed by atoms with Gasteiger partial charge in [0, 0.05) is 58.4 Å². The highest BCUT2D eigenvalue weighted by Gasteiger charge is 2.35. The Morgan fingerprint density at radius 3 is 2.43 bits per heavy atom. The number of likely N-dealkylation sites (tertiary alicyclic amines) is 1. The van der Waals surface area contributed by atoms with Crippen molar-refractivity contribution >= 4 is 5.96 Å². The van der Waals surface area contributed by atoms with E-state index in [2.05, 4.69) is 44.4 Å². The molecule has 0 aliphatic carbocycles. The van der Waals surface area contributed by atoms with Gasteiger partial charge >= 0.3 is 6.18 Å². The molecule has 28 heavy (non-hydrogen) atoms. The summed E-state index contributed by atoms with van der Waals surface area (Å²) in [5.74, 6) is 0.834. The largest absolute Gasteiger partial charge is 0.401 e. The standard InChI is InChI=1S/C20H30F3N5/c1-2-24-19(25-18-8-9-27(15-18)16-20(21,22)23)28-12-10-26(11-13-28)14-17-6-4-3-5-7-17/h3-7,18H,2,8-16H2,1H3,(H,24,25). The van der Waals surface area contributed by atoms with Gasteiger partial charge in [-0.2, -0.15) is 13.2 Å². The van der Waals surface area contributed by atoms with Crippen LogP contribution < -0.4 is 5.32 Å². The van der Waals surface area contributed by atoms with Crippen LogP contribution in [0.4, 0.5) is 13.2 Å². The summed E-state index contributed by atoms with van der Waals surface area (Å²) in [6.07, 6.45) is -3.42. The van der Waals surface area contributed by atoms with E-state index in [0.29, 0.717) is 26.1 Å². The second-order valence-electron chi connectivity index (χ2n) is 7.53. The third-order valence-electron chi connectivity index (χ3n) is 5.24. The van der Waals surface area contributed by atoms with E-state index in [1.807, 2.05) is 13.0 Å². The first kappa shape index (κ1) is 20.9. The topological polar surface area (TPSA) is 34.1 Å². The lowest BCUT2D eigenvalue weighted by molar-refractivity contribution is -0.143. The molecule has 2 saturated heterocycles. The maximum absolute atomic E-state index is 12.6. The van der Waals surface area contributed by atoms with Crippen LogP contribution in [0, 0.1) is 0 Å². The highest BCUT2D eigenvalue weighted by Crippen LogP contribution is 2.20. The molecule has 0 amide bonds. The second kappa shape index (κ2) is 9.60. The Morgan fingerprint density at radius 2 is 1.79 bits per heavy atom. The monoisotopic (exact) mass is 397 g/mol. The molecule has 0 radical (unpaired) electrons. The Morgan fingerprint density at radius 1 is 1.07 bits per heavy atom. The summed E-state index contributed by atoms with van der Waals surface area (Å²) >= 11 is 0. The fourth-order valence-corrected chi connectivity index (χ4v) is 3.88. The molecule has 2 heterocycles. The van der Waals surface area contributed by atoms with Crippen LogP contribution in [0.1, 0.15) is 18.9 Å². The summed E-state index contributed by atoms with van der Waals surface area (Å²) in [6.45, 7) is 7.28. The van der Waals surface area contributed by atoms with Crippen molar-refractivity contribution in [1.29, 1.82) is 0 Å². The van der Waals surface area contributed by atoms with E-state index in [0.717, 1.165) is 38.7 Å². The minimum Gasteiger partial charge on any atom is -0.352 e. The lowest BCUT2D eigenvalue weighted by Gasteiger charge is -2.37. The van der Waals surface area contributed by atoms with Crippen molar-refractivity contribution in [2.45, 2.75) is 32.1 Å². The number of piperazine rings is 1. The van der Waals surface area contributed by atoms with Crippen molar-refractivity contribution in [2.75, 3.05) is 52.4 Å². The maximum Gasteiger partial charge on any atom is 0.401 e. The Bertz CT molecular complexity index is 626. The Kier molecular flexibility index (Phi) is 7.18. The number of aliphatic imine (C=N–C) groups is 1. The summed E-state index contributed by atoms with van der Waals surface area (Å²) in [4.78, 5) is 10.7. The van der Waals surface area contributed by atoms with Gasteiger partial charge in [-0.25, -0.2) is 0 Å². The van der Waals surface area contributed by atoms with Crippen molar-refractivity contribution in [3.63, 3.8) is 0 Å². The molecule has 5 nitrogen and oxygen atoms in total. The van der Waals surface area contributed by atoms with Crippen LogP contribution in [-0.2, 0) is 6.54 Å². The van der Waals surface area contributed by atoms with Gasteiger partial charge in [0.1, 0.15) is 0 Å². The molecule has 1 unspecified atom stereocenters. The van der Waals surface area contributed by atoms with Crippen molar-refractivity contribution in [3.05, 3.63) is 35.9 Å². The number of hydrogen-bond donors (Lipinski definition) is 1. The first-order valence-electron chi connectivity index (χ1n) is 10.0. The van der Waals surface area contributed by atoms with Crippen LogP contribution in [0.3, 0.4) is 0 Å². The highest BCUT2D eigenvalue weighted by molar-refractivity contribution is 5.80. The van der Waals surface area contributed by atoms with Gasteiger partial charge < -0.3 is 10.2 Å². The predicted octanol–water partition coefficient (Wildman–Crippen LogP) is 2.41. The average Bonchev–Trinajstić information content (AvgIpc) is 3.08. The molecule has 0 spiro atoms. The lowest BCUT2D eigenvalue weighted by Crippen LogP contribution is -2.54. The van der Waals surface area contributed by atoms with Gasteiger partial charge in [0.25, 0.3) is 0 Å². The third-order valence-corrected chi connectivity index (χ3v) is 5.24. The average molecular weight is 397 g/mol. The molecule has 2 aliphatic rings. The first-order valence-corrected chi connectivity index (χ1v) is 10.0. The van der Waals surface area contributed by atoms with E-state index in [-0.39, 0.29) is 6.04 Å². The van der Waals surface area contributed by atoms with Gasteiger partial charge in [-0.15, -0.1) is 0 Å². The van der Waals surface area contributed by atoms with Crippen LogP contribution in [0.2, 0.25) is 0 Å². The molecule has 1 aromatic rings. The quantitative estimate of drug-likeness (QED) is 0.611. The summed E-state index contributed by atoms with van der Waals surface area (Å²) < 4.78 is 37.8. The summed E-state index contributed by atoms with van der Waals surface area (Å²) in [5, 5.41) is 3.42.